The van der Waals surface area contributed by atoms with Crippen LogP contribution in [-0.2, 0) is 16.2 Å². The van der Waals surface area contributed by atoms with Crippen molar-refractivity contribution in [2.24, 2.45) is 0 Å². The first kappa shape index (κ1) is 34.6. The van der Waals surface area contributed by atoms with Gasteiger partial charge in [-0.1, -0.05) is 127 Å². The fourth-order valence-electron chi connectivity index (χ4n) is 10.9. The summed E-state index contributed by atoms with van der Waals surface area (Å²) in [7, 11) is 0. The molecule has 0 unspecified atom stereocenters. The van der Waals surface area contributed by atoms with Gasteiger partial charge in [0.2, 0.25) is 0 Å². The van der Waals surface area contributed by atoms with Crippen LogP contribution >= 0.6 is 11.8 Å². The normalized spacial score (nSPS) is 16.8. The second-order valence-corrected chi connectivity index (χ2v) is 20.7. The first-order valence-corrected chi connectivity index (χ1v) is 21.8. The Morgan fingerprint density at radius 3 is 2.21 bits per heavy atom. The summed E-state index contributed by atoms with van der Waals surface area (Å²) in [5, 5.41) is 5.18. The van der Waals surface area contributed by atoms with Gasteiger partial charge in [0.25, 0.3) is 0 Å². The third kappa shape index (κ3) is 4.60. The van der Waals surface area contributed by atoms with Crippen LogP contribution in [0.5, 0.6) is 11.5 Å². The lowest BCUT2D eigenvalue weighted by atomic mass is 9.44. The Bertz CT molecular complexity index is 3140. The number of fused-ring (bicyclic) bond motifs is 12. The standard InChI is InChI=1S/C53H47BN2OS/c1-30-24-38-39(53(7,8)23-22-52(38,5)6)27-42(30)55-43-29-47-45(57-44-18-11-12-19-46(44)58-47)28-40(43)54-48-37(25-31-14-9-10-15-33(31)50(48)55)35-17-13-16-34-36-26-32(51(2,3)4)20-21-41(36)56(54)49(34)35/h9-21,24-29H,22-23H2,1-8H3. The molecule has 0 fully saturated rings. The van der Waals surface area contributed by atoms with Crippen LogP contribution in [0.25, 0.3) is 43.7 Å². The summed E-state index contributed by atoms with van der Waals surface area (Å²) in [5.41, 5.74) is 17.5. The summed E-state index contributed by atoms with van der Waals surface area (Å²) in [5.74, 6) is 1.85. The van der Waals surface area contributed by atoms with Gasteiger partial charge in [0, 0.05) is 44.1 Å². The minimum absolute atomic E-state index is 0.0348. The second-order valence-electron chi connectivity index (χ2n) is 19.7. The van der Waals surface area contributed by atoms with Gasteiger partial charge < -0.3 is 14.1 Å². The molecule has 0 amide bonds. The van der Waals surface area contributed by atoms with Crippen molar-refractivity contribution in [1.29, 1.82) is 0 Å². The van der Waals surface area contributed by atoms with E-state index in [4.69, 9.17) is 4.74 Å². The molecule has 284 valence electrons. The molecule has 0 saturated carbocycles. The van der Waals surface area contributed by atoms with Crippen molar-refractivity contribution >= 4 is 79.2 Å². The number of aromatic nitrogens is 1. The van der Waals surface area contributed by atoms with Gasteiger partial charge in [-0.05, 0) is 129 Å². The van der Waals surface area contributed by atoms with Gasteiger partial charge in [0.1, 0.15) is 11.5 Å². The Morgan fingerprint density at radius 1 is 0.655 bits per heavy atom. The zero-order chi connectivity index (χ0) is 39.6. The third-order valence-corrected chi connectivity index (χ3v) is 15.2. The fourth-order valence-corrected chi connectivity index (χ4v) is 11.8. The molecule has 8 aromatic rings. The van der Waals surface area contributed by atoms with Crippen LogP contribution in [0.4, 0.5) is 17.1 Å². The highest BCUT2D eigenvalue weighted by molar-refractivity contribution is 7.99. The lowest BCUT2D eigenvalue weighted by Gasteiger charge is -2.45. The number of aryl methyl sites for hydroxylation is 1. The van der Waals surface area contributed by atoms with Gasteiger partial charge >= 0.3 is 6.85 Å². The molecule has 0 saturated heterocycles. The Kier molecular flexibility index (Phi) is 6.82. The van der Waals surface area contributed by atoms with E-state index in [2.05, 4.69) is 180 Å². The van der Waals surface area contributed by atoms with Gasteiger partial charge in [-0.2, -0.15) is 0 Å². The van der Waals surface area contributed by atoms with Gasteiger partial charge in [-0.25, -0.2) is 0 Å². The third-order valence-electron chi connectivity index (χ3n) is 14.1. The van der Waals surface area contributed by atoms with Crippen LogP contribution in [0, 0.1) is 6.92 Å². The van der Waals surface area contributed by atoms with Crippen LogP contribution in [0.3, 0.4) is 0 Å². The maximum atomic E-state index is 6.85. The van der Waals surface area contributed by atoms with Crippen molar-refractivity contribution in [2.45, 2.75) is 94.3 Å². The average molecular weight is 771 g/mol. The number of nitrogens with zero attached hydrogens (tertiary/aromatic N) is 2. The highest BCUT2D eigenvalue weighted by Crippen LogP contribution is 2.55. The Labute approximate surface area is 346 Å². The fraction of sp³-hybridized carbons (Fsp3) is 0.245. The summed E-state index contributed by atoms with van der Waals surface area (Å²) in [4.78, 5) is 4.96. The van der Waals surface area contributed by atoms with E-state index in [9.17, 15) is 0 Å². The summed E-state index contributed by atoms with van der Waals surface area (Å²) in [6.45, 7) is 19.0. The zero-order valence-electron chi connectivity index (χ0n) is 34.7. The molecule has 3 aliphatic heterocycles. The van der Waals surface area contributed by atoms with E-state index in [1.165, 1.54) is 107 Å². The number of rotatable bonds is 1. The molecule has 0 radical (unpaired) electrons. The summed E-state index contributed by atoms with van der Waals surface area (Å²) in [6.07, 6.45) is 2.36. The number of benzene rings is 7. The topological polar surface area (TPSA) is 17.4 Å². The summed E-state index contributed by atoms with van der Waals surface area (Å²) >= 11 is 1.82. The van der Waals surface area contributed by atoms with E-state index < -0.39 is 0 Å². The predicted octanol–water partition coefficient (Wildman–Crippen LogP) is 13.6. The molecule has 12 rings (SSSR count). The van der Waals surface area contributed by atoms with Crippen molar-refractivity contribution in [1.82, 2.24) is 4.48 Å². The van der Waals surface area contributed by atoms with Gasteiger partial charge in [-0.3, -0.25) is 0 Å². The molecule has 5 heteroatoms. The lowest BCUT2D eigenvalue weighted by Crippen LogP contribution is -2.57. The van der Waals surface area contributed by atoms with E-state index in [-0.39, 0.29) is 23.1 Å². The highest BCUT2D eigenvalue weighted by Gasteiger charge is 2.46. The molecule has 4 heterocycles. The van der Waals surface area contributed by atoms with E-state index in [1.54, 1.807) is 0 Å². The van der Waals surface area contributed by atoms with E-state index in [1.807, 2.05) is 11.8 Å². The molecule has 1 aromatic heterocycles. The highest BCUT2D eigenvalue weighted by atomic mass is 32.2. The largest absolute Gasteiger partial charge is 0.455 e. The van der Waals surface area contributed by atoms with Crippen LogP contribution in [0.2, 0.25) is 0 Å². The van der Waals surface area contributed by atoms with Crippen molar-refractivity contribution in [3.63, 3.8) is 0 Å². The second kappa shape index (κ2) is 11.4. The van der Waals surface area contributed by atoms with Gasteiger partial charge in [0.15, 0.2) is 0 Å². The number of hydrogen-bond donors (Lipinski definition) is 0. The molecule has 0 atom stereocenters. The number of para-hydroxylation sites is 2. The Hall–Kier alpha value is -5.39. The average Bonchev–Trinajstić information content (AvgIpc) is 3.53. The van der Waals surface area contributed by atoms with E-state index in [0.29, 0.717) is 0 Å². The van der Waals surface area contributed by atoms with Crippen LogP contribution < -0.4 is 20.6 Å². The number of hydrogen-bond acceptors (Lipinski definition) is 3. The smallest absolute Gasteiger partial charge is 0.333 e. The molecule has 7 aromatic carbocycles. The molecule has 4 aliphatic rings. The van der Waals surface area contributed by atoms with E-state index in [0.717, 1.165) is 21.3 Å². The summed E-state index contributed by atoms with van der Waals surface area (Å²) in [6, 6.07) is 44.2. The van der Waals surface area contributed by atoms with Crippen LogP contribution in [0.1, 0.15) is 83.6 Å². The van der Waals surface area contributed by atoms with Crippen LogP contribution in [0.15, 0.2) is 125 Å². The molecule has 0 bridgehead atoms. The number of ether oxygens (including phenoxy) is 1. The van der Waals surface area contributed by atoms with Gasteiger partial charge in [0.05, 0.1) is 15.5 Å². The first-order valence-electron chi connectivity index (χ1n) is 21.0. The minimum Gasteiger partial charge on any atom is -0.455 e. The Balaban J connectivity index is 1.24. The predicted molar refractivity (Wildman–Crippen MR) is 247 cm³/mol. The lowest BCUT2D eigenvalue weighted by molar-refractivity contribution is 0.332. The van der Waals surface area contributed by atoms with Crippen molar-refractivity contribution in [3.8, 4) is 22.6 Å². The van der Waals surface area contributed by atoms with Gasteiger partial charge in [-0.15, -0.1) is 0 Å². The van der Waals surface area contributed by atoms with Crippen LogP contribution in [-0.4, -0.2) is 11.3 Å². The summed E-state index contributed by atoms with van der Waals surface area (Å²) < 4.78 is 9.53. The Morgan fingerprint density at radius 2 is 1.40 bits per heavy atom. The van der Waals surface area contributed by atoms with Crippen molar-refractivity contribution < 1.29 is 4.74 Å². The first-order chi connectivity index (χ1) is 27.8. The molecule has 0 spiro atoms. The molecule has 58 heavy (non-hydrogen) atoms. The minimum atomic E-state index is -0.0689. The maximum Gasteiger partial charge on any atom is 0.333 e. The molecule has 1 aliphatic carbocycles. The quantitative estimate of drug-likeness (QED) is 0.155. The monoisotopic (exact) mass is 770 g/mol. The molecular formula is C53H47BN2OS. The van der Waals surface area contributed by atoms with E-state index >= 15 is 0 Å². The number of anilines is 3. The van der Waals surface area contributed by atoms with Crippen molar-refractivity contribution in [3.05, 3.63) is 138 Å². The molecular weight excluding hydrogens is 723 g/mol. The maximum absolute atomic E-state index is 6.85. The SMILES string of the molecule is Cc1cc2c(cc1N1c3cc4c(cc3B3c5c(cc6ccccc6c51)-c1cccc5c6cc(C(C)(C)C)ccc6n3c15)Oc1ccccc1S4)C(C)(C)CCC2(C)C. The zero-order valence-corrected chi connectivity index (χ0v) is 35.5. The molecule has 3 nitrogen and oxygen atoms in total. The van der Waals surface area contributed by atoms with Crippen molar-refractivity contribution in [2.75, 3.05) is 4.90 Å². The molecule has 0 N–H and O–H groups in total.